The summed E-state index contributed by atoms with van der Waals surface area (Å²) in [5.74, 6) is 0.387. The first-order valence-corrected chi connectivity index (χ1v) is 5.90. The Kier molecular flexibility index (Phi) is 2.76. The number of rotatable bonds is 2. The van der Waals surface area contributed by atoms with Gasteiger partial charge in [-0.05, 0) is 29.8 Å². The molecular weight excluding hydrogens is 256 g/mol. The van der Waals surface area contributed by atoms with Crippen LogP contribution in [0.3, 0.4) is 0 Å². The van der Waals surface area contributed by atoms with E-state index < -0.39 is 4.92 Å². The van der Waals surface area contributed by atoms with Crippen LogP contribution in [0, 0.1) is 10.1 Å². The average molecular weight is 266 g/mol. The number of nitrogens with two attached hydrogens (primary N) is 1. The molecule has 0 spiro atoms. The van der Waals surface area contributed by atoms with Crippen LogP contribution in [0.25, 0.3) is 22.0 Å². The Hall–Kier alpha value is -3.02. The first-order valence-electron chi connectivity index (χ1n) is 5.90. The first-order chi connectivity index (χ1) is 9.65. The molecule has 0 bridgehead atoms. The van der Waals surface area contributed by atoms with Crippen LogP contribution < -0.4 is 5.73 Å². The van der Waals surface area contributed by atoms with Crippen LogP contribution >= 0.6 is 0 Å². The molecule has 3 aromatic rings. The number of benzene rings is 1. The highest BCUT2D eigenvalue weighted by atomic mass is 16.6. The molecule has 0 aliphatic rings. The van der Waals surface area contributed by atoms with Crippen molar-refractivity contribution in [1.82, 2.24) is 9.97 Å². The zero-order valence-electron chi connectivity index (χ0n) is 10.4. The second kappa shape index (κ2) is 4.58. The lowest BCUT2D eigenvalue weighted by molar-refractivity contribution is -0.384. The summed E-state index contributed by atoms with van der Waals surface area (Å²) in [7, 11) is 0. The van der Waals surface area contributed by atoms with Gasteiger partial charge in [0.15, 0.2) is 0 Å². The van der Waals surface area contributed by atoms with E-state index in [9.17, 15) is 10.1 Å². The van der Waals surface area contributed by atoms with Crippen molar-refractivity contribution in [3.63, 3.8) is 0 Å². The Balaban J connectivity index is 2.13. The predicted octanol–water partition coefficient (Wildman–Crippen LogP) is 2.79. The average Bonchev–Trinajstić information content (AvgIpc) is 2.46. The Labute approximate surface area is 114 Å². The molecule has 0 fully saturated rings. The molecule has 0 saturated carbocycles. The second-order valence-corrected chi connectivity index (χ2v) is 4.29. The summed E-state index contributed by atoms with van der Waals surface area (Å²) < 4.78 is 0. The van der Waals surface area contributed by atoms with E-state index in [-0.39, 0.29) is 5.69 Å². The van der Waals surface area contributed by atoms with Gasteiger partial charge in [0.05, 0.1) is 10.4 Å². The molecule has 2 heterocycles. The number of pyridine rings is 2. The third-order valence-corrected chi connectivity index (χ3v) is 3.03. The van der Waals surface area contributed by atoms with Gasteiger partial charge in [0, 0.05) is 35.5 Å². The Morgan fingerprint density at radius 1 is 1.15 bits per heavy atom. The summed E-state index contributed by atoms with van der Waals surface area (Å²) in [4.78, 5) is 18.6. The molecule has 0 aliphatic heterocycles. The molecule has 1 aromatic carbocycles. The van der Waals surface area contributed by atoms with Gasteiger partial charge in [0.2, 0.25) is 0 Å². The fraction of sp³-hybridized carbons (Fsp3) is 0. The lowest BCUT2D eigenvalue weighted by atomic mass is 10.0. The molecule has 98 valence electrons. The maximum absolute atomic E-state index is 10.7. The van der Waals surface area contributed by atoms with Crippen molar-refractivity contribution in [3.05, 3.63) is 58.9 Å². The number of aromatic nitrogens is 2. The smallest absolute Gasteiger partial charge is 0.269 e. The molecule has 2 N–H and O–H groups in total. The summed E-state index contributed by atoms with van der Waals surface area (Å²) in [5, 5.41) is 11.5. The van der Waals surface area contributed by atoms with Crippen LogP contribution in [0.2, 0.25) is 0 Å². The standard InChI is InChI=1S/C14H10N4O2/c15-14-12(7-10-8-16-6-5-13(10)17-14)9-1-3-11(4-2-9)18(19)20/h1-8H,(H2,15,17). The van der Waals surface area contributed by atoms with Gasteiger partial charge in [0.25, 0.3) is 5.69 Å². The van der Waals surface area contributed by atoms with Gasteiger partial charge in [-0.25, -0.2) is 4.98 Å². The maximum Gasteiger partial charge on any atom is 0.269 e. The van der Waals surface area contributed by atoms with E-state index in [0.29, 0.717) is 5.82 Å². The number of anilines is 1. The monoisotopic (exact) mass is 266 g/mol. The highest BCUT2D eigenvalue weighted by Crippen LogP contribution is 2.29. The third kappa shape index (κ3) is 2.03. The van der Waals surface area contributed by atoms with Crippen molar-refractivity contribution in [2.75, 3.05) is 5.73 Å². The van der Waals surface area contributed by atoms with Crippen LogP contribution in [0.1, 0.15) is 0 Å². The summed E-state index contributed by atoms with van der Waals surface area (Å²) >= 11 is 0. The Bertz CT molecular complexity index is 800. The van der Waals surface area contributed by atoms with Crippen LogP contribution in [0.5, 0.6) is 0 Å². The van der Waals surface area contributed by atoms with Crippen molar-refractivity contribution in [2.45, 2.75) is 0 Å². The Morgan fingerprint density at radius 2 is 1.90 bits per heavy atom. The van der Waals surface area contributed by atoms with E-state index in [4.69, 9.17) is 5.73 Å². The van der Waals surface area contributed by atoms with E-state index in [2.05, 4.69) is 9.97 Å². The lowest BCUT2D eigenvalue weighted by Crippen LogP contribution is -1.95. The molecule has 20 heavy (non-hydrogen) atoms. The summed E-state index contributed by atoms with van der Waals surface area (Å²) in [6.45, 7) is 0. The number of non-ortho nitro benzene ring substituents is 1. The van der Waals surface area contributed by atoms with E-state index in [1.807, 2.05) is 6.07 Å². The van der Waals surface area contributed by atoms with Crippen molar-refractivity contribution in [2.24, 2.45) is 0 Å². The van der Waals surface area contributed by atoms with E-state index in [1.54, 1.807) is 30.6 Å². The zero-order chi connectivity index (χ0) is 14.1. The third-order valence-electron chi connectivity index (χ3n) is 3.03. The van der Waals surface area contributed by atoms with Gasteiger partial charge in [-0.15, -0.1) is 0 Å². The zero-order valence-corrected chi connectivity index (χ0v) is 10.4. The van der Waals surface area contributed by atoms with Crippen LogP contribution in [0.15, 0.2) is 48.8 Å². The largest absolute Gasteiger partial charge is 0.383 e. The Morgan fingerprint density at radius 3 is 2.60 bits per heavy atom. The van der Waals surface area contributed by atoms with Gasteiger partial charge < -0.3 is 5.73 Å². The molecule has 0 aliphatic carbocycles. The van der Waals surface area contributed by atoms with Crippen molar-refractivity contribution < 1.29 is 4.92 Å². The molecule has 0 atom stereocenters. The minimum Gasteiger partial charge on any atom is -0.383 e. The maximum atomic E-state index is 10.7. The number of nitrogen functional groups attached to an aromatic ring is 1. The van der Waals surface area contributed by atoms with Crippen molar-refractivity contribution in [1.29, 1.82) is 0 Å². The number of nitro benzene ring substituents is 1. The van der Waals surface area contributed by atoms with Gasteiger partial charge in [-0.2, -0.15) is 0 Å². The molecular formula is C14H10N4O2. The molecule has 0 unspecified atom stereocenters. The van der Waals surface area contributed by atoms with Gasteiger partial charge >= 0.3 is 0 Å². The van der Waals surface area contributed by atoms with Gasteiger partial charge in [0.1, 0.15) is 5.82 Å². The van der Waals surface area contributed by atoms with E-state index >= 15 is 0 Å². The summed E-state index contributed by atoms with van der Waals surface area (Å²) in [6, 6.07) is 9.88. The SMILES string of the molecule is Nc1nc2ccncc2cc1-c1ccc([N+](=O)[O-])cc1. The number of nitro groups is 1. The number of nitrogens with zero attached hydrogens (tertiary/aromatic N) is 3. The molecule has 0 saturated heterocycles. The van der Waals surface area contributed by atoms with Crippen LogP contribution in [-0.4, -0.2) is 14.9 Å². The molecule has 3 rings (SSSR count). The van der Waals surface area contributed by atoms with Crippen LogP contribution in [0.4, 0.5) is 11.5 Å². The highest BCUT2D eigenvalue weighted by Gasteiger charge is 2.09. The fourth-order valence-electron chi connectivity index (χ4n) is 2.03. The normalized spacial score (nSPS) is 10.6. The molecule has 6 heteroatoms. The number of hydrogen-bond acceptors (Lipinski definition) is 5. The number of hydrogen-bond donors (Lipinski definition) is 1. The first kappa shape index (κ1) is 12.0. The van der Waals surface area contributed by atoms with E-state index in [0.717, 1.165) is 22.0 Å². The molecule has 2 aromatic heterocycles. The topological polar surface area (TPSA) is 94.9 Å². The van der Waals surface area contributed by atoms with E-state index in [1.165, 1.54) is 12.1 Å². The van der Waals surface area contributed by atoms with Crippen LogP contribution in [-0.2, 0) is 0 Å². The fourth-order valence-corrected chi connectivity index (χ4v) is 2.03. The second-order valence-electron chi connectivity index (χ2n) is 4.29. The predicted molar refractivity (Wildman–Crippen MR) is 76.0 cm³/mol. The van der Waals surface area contributed by atoms with Gasteiger partial charge in [-0.1, -0.05) is 0 Å². The summed E-state index contributed by atoms with van der Waals surface area (Å²) in [6.07, 6.45) is 3.36. The molecule has 0 amide bonds. The minimum absolute atomic E-state index is 0.0442. The minimum atomic E-state index is -0.435. The highest BCUT2D eigenvalue weighted by molar-refractivity contribution is 5.88. The molecule has 0 radical (unpaired) electrons. The lowest BCUT2D eigenvalue weighted by Gasteiger charge is -2.07. The van der Waals surface area contributed by atoms with Crippen molar-refractivity contribution in [3.8, 4) is 11.1 Å². The van der Waals surface area contributed by atoms with Gasteiger partial charge in [-0.3, -0.25) is 15.1 Å². The number of fused-ring (bicyclic) bond motifs is 1. The quantitative estimate of drug-likeness (QED) is 0.568. The van der Waals surface area contributed by atoms with Crippen molar-refractivity contribution >= 4 is 22.4 Å². The molecule has 6 nitrogen and oxygen atoms in total. The summed E-state index contributed by atoms with van der Waals surface area (Å²) in [5.41, 5.74) is 8.28.